The topological polar surface area (TPSA) is 42.0 Å². The van der Waals surface area contributed by atoms with Crippen LogP contribution in [0.2, 0.25) is 0 Å². The van der Waals surface area contributed by atoms with Crippen LogP contribution in [0.25, 0.3) is 0 Å². The van der Waals surface area contributed by atoms with E-state index in [-0.39, 0.29) is 12.0 Å². The Morgan fingerprint density at radius 3 is 2.76 bits per heavy atom. The van der Waals surface area contributed by atoms with Crippen molar-refractivity contribution in [3.63, 3.8) is 0 Å². The molecule has 0 spiro atoms. The number of hydrogen-bond acceptors (Lipinski definition) is 4. The zero-order valence-electron chi connectivity index (χ0n) is 17.3. The number of ether oxygens (including phenoxy) is 2. The van der Waals surface area contributed by atoms with Crippen molar-refractivity contribution in [2.45, 2.75) is 39.0 Å². The zero-order valence-corrected chi connectivity index (χ0v) is 17.3. The largest absolute Gasteiger partial charge is 0.496 e. The Morgan fingerprint density at radius 2 is 1.93 bits per heavy atom. The smallest absolute Gasteiger partial charge is 0.219 e. The molecule has 154 valence electrons. The van der Waals surface area contributed by atoms with E-state index in [2.05, 4.69) is 23.1 Å². The number of amides is 1. The molecule has 5 heteroatoms. The van der Waals surface area contributed by atoms with Crippen molar-refractivity contribution in [1.82, 2.24) is 9.80 Å². The van der Waals surface area contributed by atoms with Gasteiger partial charge in [0.25, 0.3) is 0 Å². The molecule has 2 aromatic carbocycles. The summed E-state index contributed by atoms with van der Waals surface area (Å²) in [6.45, 7) is 5.85. The van der Waals surface area contributed by atoms with Crippen LogP contribution in [-0.4, -0.2) is 48.6 Å². The summed E-state index contributed by atoms with van der Waals surface area (Å²) in [6, 6.07) is 16.3. The van der Waals surface area contributed by atoms with E-state index in [4.69, 9.17) is 9.47 Å². The van der Waals surface area contributed by atoms with Gasteiger partial charge in [-0.1, -0.05) is 36.4 Å². The highest BCUT2D eigenvalue weighted by Gasteiger charge is 2.33. The third kappa shape index (κ3) is 4.56. The number of likely N-dealkylation sites (tertiary alicyclic amines) is 1. The molecule has 0 aromatic heterocycles. The molecule has 1 fully saturated rings. The lowest BCUT2D eigenvalue weighted by Gasteiger charge is -2.37. The summed E-state index contributed by atoms with van der Waals surface area (Å²) in [5, 5.41) is 0. The summed E-state index contributed by atoms with van der Waals surface area (Å²) in [5.74, 6) is 2.36. The SMILES string of the molecule is COc1ccccc1CN1CCC[C@H]([C@@H]2CN(C(C)=O)Cc3ccccc3O2)C1. The quantitative estimate of drug-likeness (QED) is 0.793. The normalized spacial score (nSPS) is 22.3. The van der Waals surface area contributed by atoms with Crippen LogP contribution >= 0.6 is 0 Å². The van der Waals surface area contributed by atoms with Crippen molar-refractivity contribution < 1.29 is 14.3 Å². The number of para-hydroxylation sites is 2. The van der Waals surface area contributed by atoms with Gasteiger partial charge in [-0.05, 0) is 31.5 Å². The van der Waals surface area contributed by atoms with Gasteiger partial charge in [-0.3, -0.25) is 9.69 Å². The summed E-state index contributed by atoms with van der Waals surface area (Å²) in [5.41, 5.74) is 2.31. The number of methoxy groups -OCH3 is 1. The van der Waals surface area contributed by atoms with Gasteiger partial charge in [0.05, 0.1) is 13.7 Å². The molecule has 0 N–H and O–H groups in total. The van der Waals surface area contributed by atoms with Crippen molar-refractivity contribution in [3.8, 4) is 11.5 Å². The molecule has 0 aliphatic carbocycles. The Balaban J connectivity index is 1.50. The number of carbonyl (C=O) groups is 1. The molecule has 0 bridgehead atoms. The predicted octanol–water partition coefficient (Wildman–Crippen LogP) is 3.72. The van der Waals surface area contributed by atoms with Gasteiger partial charge in [0, 0.05) is 43.6 Å². The van der Waals surface area contributed by atoms with Crippen LogP contribution in [0.3, 0.4) is 0 Å². The van der Waals surface area contributed by atoms with Crippen molar-refractivity contribution in [3.05, 3.63) is 59.7 Å². The van der Waals surface area contributed by atoms with E-state index in [0.29, 0.717) is 19.0 Å². The van der Waals surface area contributed by atoms with E-state index in [1.54, 1.807) is 14.0 Å². The van der Waals surface area contributed by atoms with E-state index in [9.17, 15) is 4.79 Å². The molecule has 1 amide bonds. The predicted molar refractivity (Wildman–Crippen MR) is 113 cm³/mol. The Bertz CT molecular complexity index is 854. The average molecular weight is 395 g/mol. The first-order valence-corrected chi connectivity index (χ1v) is 10.5. The van der Waals surface area contributed by atoms with Crippen molar-refractivity contribution in [1.29, 1.82) is 0 Å². The molecule has 29 heavy (non-hydrogen) atoms. The van der Waals surface area contributed by atoms with Crippen molar-refractivity contribution in [2.75, 3.05) is 26.7 Å². The van der Waals surface area contributed by atoms with Crippen LogP contribution in [-0.2, 0) is 17.9 Å². The molecular weight excluding hydrogens is 364 g/mol. The van der Waals surface area contributed by atoms with Crippen molar-refractivity contribution in [2.24, 2.45) is 5.92 Å². The molecule has 4 rings (SSSR count). The van der Waals surface area contributed by atoms with E-state index >= 15 is 0 Å². The Labute approximate surface area is 173 Å². The minimum atomic E-state index is 0.0167. The van der Waals surface area contributed by atoms with Gasteiger partial charge in [-0.25, -0.2) is 0 Å². The van der Waals surface area contributed by atoms with Gasteiger partial charge in [-0.15, -0.1) is 0 Å². The van der Waals surface area contributed by atoms with Crippen LogP contribution in [0.15, 0.2) is 48.5 Å². The van der Waals surface area contributed by atoms with Gasteiger partial charge in [0.15, 0.2) is 0 Å². The summed E-state index contributed by atoms with van der Waals surface area (Å²) in [4.78, 5) is 16.6. The zero-order chi connectivity index (χ0) is 20.2. The summed E-state index contributed by atoms with van der Waals surface area (Å²) in [6.07, 6.45) is 2.28. The molecule has 2 atom stereocenters. The van der Waals surface area contributed by atoms with E-state index < -0.39 is 0 Å². The maximum atomic E-state index is 12.2. The third-order valence-electron chi connectivity index (χ3n) is 6.11. The second-order valence-electron chi connectivity index (χ2n) is 8.11. The molecule has 1 saturated heterocycles. The molecular formula is C24H30N2O3. The highest BCUT2D eigenvalue weighted by atomic mass is 16.5. The van der Waals surface area contributed by atoms with Crippen LogP contribution < -0.4 is 9.47 Å². The van der Waals surface area contributed by atoms with Crippen molar-refractivity contribution >= 4 is 5.91 Å². The highest BCUT2D eigenvalue weighted by molar-refractivity contribution is 5.73. The molecule has 5 nitrogen and oxygen atoms in total. The molecule has 2 aliphatic rings. The summed E-state index contributed by atoms with van der Waals surface area (Å²) >= 11 is 0. The monoisotopic (exact) mass is 394 g/mol. The van der Waals surface area contributed by atoms with Gasteiger partial charge in [0.1, 0.15) is 17.6 Å². The number of hydrogen-bond donors (Lipinski definition) is 0. The minimum Gasteiger partial charge on any atom is -0.496 e. The number of carbonyl (C=O) groups excluding carboxylic acids is 1. The molecule has 0 saturated carbocycles. The fourth-order valence-electron chi connectivity index (χ4n) is 4.54. The number of piperidine rings is 1. The van der Waals surface area contributed by atoms with Crippen LogP contribution in [0.4, 0.5) is 0 Å². The summed E-state index contributed by atoms with van der Waals surface area (Å²) in [7, 11) is 1.73. The standard InChI is InChI=1S/C24H30N2O3/c1-18(27)26-16-21-9-4-6-12-23(21)29-24(17-26)20-10-7-13-25(15-20)14-19-8-3-5-11-22(19)28-2/h3-6,8-9,11-12,20,24H,7,10,13-17H2,1-2H3/t20-,24-/m0/s1. The van der Waals surface area contributed by atoms with Gasteiger partial charge >= 0.3 is 0 Å². The van der Waals surface area contributed by atoms with Crippen LogP contribution in [0.1, 0.15) is 30.9 Å². The van der Waals surface area contributed by atoms with Crippen LogP contribution in [0.5, 0.6) is 11.5 Å². The third-order valence-corrected chi connectivity index (χ3v) is 6.11. The lowest BCUT2D eigenvalue weighted by atomic mass is 9.91. The number of rotatable bonds is 4. The maximum Gasteiger partial charge on any atom is 0.219 e. The average Bonchev–Trinajstić information content (AvgIpc) is 2.94. The fraction of sp³-hybridized carbons (Fsp3) is 0.458. The number of fused-ring (bicyclic) bond motifs is 1. The fourth-order valence-corrected chi connectivity index (χ4v) is 4.54. The first-order valence-electron chi connectivity index (χ1n) is 10.5. The number of benzene rings is 2. The minimum absolute atomic E-state index is 0.0167. The Hall–Kier alpha value is -2.53. The van der Waals surface area contributed by atoms with Gasteiger partial charge < -0.3 is 14.4 Å². The first kappa shape index (κ1) is 19.8. The first-order chi connectivity index (χ1) is 14.1. The van der Waals surface area contributed by atoms with E-state index in [1.807, 2.05) is 35.2 Å². The van der Waals surface area contributed by atoms with E-state index in [0.717, 1.165) is 49.5 Å². The molecule has 2 heterocycles. The lowest BCUT2D eigenvalue weighted by Crippen LogP contribution is -2.46. The Morgan fingerprint density at radius 1 is 1.14 bits per heavy atom. The molecule has 0 unspecified atom stereocenters. The van der Waals surface area contributed by atoms with E-state index in [1.165, 1.54) is 5.56 Å². The van der Waals surface area contributed by atoms with Gasteiger partial charge in [-0.2, -0.15) is 0 Å². The Kier molecular flexibility index (Phi) is 6.05. The molecule has 0 radical (unpaired) electrons. The second-order valence-corrected chi connectivity index (χ2v) is 8.11. The maximum absolute atomic E-state index is 12.2. The van der Waals surface area contributed by atoms with Crippen LogP contribution in [0, 0.1) is 5.92 Å². The lowest BCUT2D eigenvalue weighted by molar-refractivity contribution is -0.130. The van der Waals surface area contributed by atoms with Gasteiger partial charge in [0.2, 0.25) is 5.91 Å². The number of nitrogens with zero attached hydrogens (tertiary/aromatic N) is 2. The second kappa shape index (κ2) is 8.87. The highest BCUT2D eigenvalue weighted by Crippen LogP contribution is 2.31. The molecule has 2 aromatic rings. The molecule has 2 aliphatic heterocycles. The summed E-state index contributed by atoms with van der Waals surface area (Å²) < 4.78 is 12.0.